The minimum absolute atomic E-state index is 0.650. The van der Waals surface area contributed by atoms with Crippen LogP contribution in [0, 0.1) is 5.41 Å². The van der Waals surface area contributed by atoms with Crippen molar-refractivity contribution in [2.45, 2.75) is 38.5 Å². The molecule has 1 aromatic heterocycles. The van der Waals surface area contributed by atoms with Gasteiger partial charge in [0.15, 0.2) is 5.13 Å². The summed E-state index contributed by atoms with van der Waals surface area (Å²) >= 11 is 1.83. The molecule has 18 heavy (non-hydrogen) atoms. The first-order valence-corrected chi connectivity index (χ1v) is 8.03. The zero-order valence-corrected chi connectivity index (χ0v) is 12.1. The molecule has 1 N–H and O–H groups in total. The third-order valence-electron chi connectivity index (χ3n) is 4.54. The van der Waals surface area contributed by atoms with Crippen LogP contribution in [0.5, 0.6) is 0 Å². The number of anilines is 1. The van der Waals surface area contributed by atoms with Crippen LogP contribution in [0.15, 0.2) is 5.38 Å². The Morgan fingerprint density at radius 2 is 2.22 bits per heavy atom. The molecule has 0 atom stereocenters. The first kappa shape index (κ1) is 12.4. The molecule has 1 saturated carbocycles. The molecule has 0 amide bonds. The zero-order valence-electron chi connectivity index (χ0n) is 11.2. The molecule has 1 aliphatic heterocycles. The van der Waals surface area contributed by atoms with Crippen molar-refractivity contribution < 1.29 is 0 Å². The number of hydrogen-bond acceptors (Lipinski definition) is 4. The standard InChI is InChI=1S/C14H23N3S/c1-15-8-4-12-10-18-13(16-12)17-9-7-14(11-17)5-2-3-6-14/h10,15H,2-9,11H2,1H3. The average molecular weight is 265 g/mol. The van der Waals surface area contributed by atoms with Crippen molar-refractivity contribution in [1.29, 1.82) is 0 Å². The van der Waals surface area contributed by atoms with Gasteiger partial charge in [-0.05, 0) is 31.7 Å². The van der Waals surface area contributed by atoms with E-state index in [2.05, 4.69) is 15.6 Å². The van der Waals surface area contributed by atoms with E-state index >= 15 is 0 Å². The lowest BCUT2D eigenvalue weighted by Crippen LogP contribution is -2.24. The summed E-state index contributed by atoms with van der Waals surface area (Å²) in [5, 5.41) is 6.67. The minimum Gasteiger partial charge on any atom is -0.348 e. The lowest BCUT2D eigenvalue weighted by atomic mass is 9.86. The molecule has 2 aliphatic rings. The van der Waals surface area contributed by atoms with E-state index < -0.39 is 0 Å². The van der Waals surface area contributed by atoms with Gasteiger partial charge >= 0.3 is 0 Å². The molecule has 0 unspecified atom stereocenters. The minimum atomic E-state index is 0.650. The summed E-state index contributed by atoms with van der Waals surface area (Å²) in [4.78, 5) is 7.32. The highest BCUT2D eigenvalue weighted by molar-refractivity contribution is 7.13. The fourth-order valence-electron chi connectivity index (χ4n) is 3.44. The molecule has 1 spiro atoms. The lowest BCUT2D eigenvalue weighted by Gasteiger charge is -2.23. The van der Waals surface area contributed by atoms with Gasteiger partial charge in [0.1, 0.15) is 0 Å². The van der Waals surface area contributed by atoms with Crippen molar-refractivity contribution in [1.82, 2.24) is 10.3 Å². The first-order chi connectivity index (χ1) is 8.81. The second-order valence-corrected chi connectivity index (χ2v) is 6.69. The van der Waals surface area contributed by atoms with Crippen LogP contribution in [0.3, 0.4) is 0 Å². The van der Waals surface area contributed by atoms with Gasteiger partial charge in [-0.3, -0.25) is 0 Å². The predicted molar refractivity (Wildman–Crippen MR) is 77.5 cm³/mol. The van der Waals surface area contributed by atoms with Crippen molar-refractivity contribution in [2.75, 3.05) is 31.6 Å². The van der Waals surface area contributed by atoms with Gasteiger partial charge in [0.05, 0.1) is 5.69 Å². The molecular formula is C14H23N3S. The fourth-order valence-corrected chi connectivity index (χ4v) is 4.33. The Labute approximate surface area is 114 Å². The number of hydrogen-bond donors (Lipinski definition) is 1. The maximum atomic E-state index is 4.79. The Bertz CT molecular complexity index is 395. The molecule has 2 fully saturated rings. The maximum Gasteiger partial charge on any atom is 0.185 e. The monoisotopic (exact) mass is 265 g/mol. The van der Waals surface area contributed by atoms with E-state index in [1.54, 1.807) is 0 Å². The van der Waals surface area contributed by atoms with Gasteiger partial charge < -0.3 is 10.2 Å². The zero-order chi connectivity index (χ0) is 12.4. The maximum absolute atomic E-state index is 4.79. The average Bonchev–Trinajstić information content (AvgIpc) is 3.10. The van der Waals surface area contributed by atoms with Crippen LogP contribution in [0.25, 0.3) is 0 Å². The van der Waals surface area contributed by atoms with E-state index in [-0.39, 0.29) is 0 Å². The number of rotatable bonds is 4. The lowest BCUT2D eigenvalue weighted by molar-refractivity contribution is 0.341. The third kappa shape index (κ3) is 2.41. The van der Waals surface area contributed by atoms with E-state index in [4.69, 9.17) is 4.98 Å². The predicted octanol–water partition coefficient (Wildman–Crippen LogP) is 2.68. The van der Waals surface area contributed by atoms with Crippen LogP contribution in [0.1, 0.15) is 37.8 Å². The summed E-state index contributed by atoms with van der Waals surface area (Å²) in [6.07, 6.45) is 8.21. The van der Waals surface area contributed by atoms with Gasteiger partial charge in [0, 0.05) is 31.4 Å². The van der Waals surface area contributed by atoms with Crippen molar-refractivity contribution in [3.63, 3.8) is 0 Å². The molecule has 2 heterocycles. The van der Waals surface area contributed by atoms with Gasteiger partial charge in [-0.15, -0.1) is 11.3 Å². The number of likely N-dealkylation sites (N-methyl/N-ethyl adjacent to an activating group) is 1. The van der Waals surface area contributed by atoms with E-state index in [0.29, 0.717) is 5.41 Å². The molecule has 3 nitrogen and oxygen atoms in total. The van der Waals surface area contributed by atoms with Crippen LogP contribution in [-0.4, -0.2) is 31.7 Å². The first-order valence-electron chi connectivity index (χ1n) is 7.15. The molecule has 0 aromatic carbocycles. The number of thiazole rings is 1. The number of nitrogens with zero attached hydrogens (tertiary/aromatic N) is 2. The van der Waals surface area contributed by atoms with Crippen LogP contribution in [0.2, 0.25) is 0 Å². The Hall–Kier alpha value is -0.610. The van der Waals surface area contributed by atoms with Gasteiger partial charge in [-0.2, -0.15) is 0 Å². The molecule has 1 aliphatic carbocycles. The summed E-state index contributed by atoms with van der Waals surface area (Å²) in [6, 6.07) is 0. The molecule has 3 rings (SSSR count). The third-order valence-corrected chi connectivity index (χ3v) is 5.49. The summed E-state index contributed by atoms with van der Waals surface area (Å²) in [5.74, 6) is 0. The van der Waals surface area contributed by atoms with Crippen molar-refractivity contribution >= 4 is 16.5 Å². The normalized spacial score (nSPS) is 22.2. The van der Waals surface area contributed by atoms with Crippen LogP contribution in [-0.2, 0) is 6.42 Å². The SMILES string of the molecule is CNCCc1csc(N2CCC3(CCCC3)C2)n1. The summed E-state index contributed by atoms with van der Waals surface area (Å²) < 4.78 is 0. The topological polar surface area (TPSA) is 28.2 Å². The van der Waals surface area contributed by atoms with Crippen LogP contribution in [0.4, 0.5) is 5.13 Å². The molecular weight excluding hydrogens is 242 g/mol. The molecule has 4 heteroatoms. The van der Waals surface area contributed by atoms with E-state index in [9.17, 15) is 0 Å². The highest BCUT2D eigenvalue weighted by atomic mass is 32.1. The van der Waals surface area contributed by atoms with Crippen molar-refractivity contribution in [3.05, 3.63) is 11.1 Å². The molecule has 0 radical (unpaired) electrons. The van der Waals surface area contributed by atoms with Crippen molar-refractivity contribution in [2.24, 2.45) is 5.41 Å². The molecule has 1 aromatic rings. The second kappa shape index (κ2) is 5.17. The molecule has 1 saturated heterocycles. The summed E-state index contributed by atoms with van der Waals surface area (Å²) in [7, 11) is 2.00. The van der Waals surface area contributed by atoms with Gasteiger partial charge in [-0.25, -0.2) is 4.98 Å². The summed E-state index contributed by atoms with van der Waals surface area (Å²) in [6.45, 7) is 3.50. The van der Waals surface area contributed by atoms with Gasteiger partial charge in [0.25, 0.3) is 0 Å². The number of nitrogens with one attached hydrogen (secondary N) is 1. The molecule has 0 bridgehead atoms. The van der Waals surface area contributed by atoms with Crippen molar-refractivity contribution in [3.8, 4) is 0 Å². The Balaban J connectivity index is 1.63. The van der Waals surface area contributed by atoms with Gasteiger partial charge in [0.2, 0.25) is 0 Å². The van der Waals surface area contributed by atoms with E-state index in [0.717, 1.165) is 13.0 Å². The van der Waals surface area contributed by atoms with Crippen LogP contribution >= 0.6 is 11.3 Å². The van der Waals surface area contributed by atoms with E-state index in [1.165, 1.54) is 56.0 Å². The summed E-state index contributed by atoms with van der Waals surface area (Å²) in [5.41, 5.74) is 1.90. The van der Waals surface area contributed by atoms with Crippen LogP contribution < -0.4 is 10.2 Å². The highest BCUT2D eigenvalue weighted by Crippen LogP contribution is 2.46. The Morgan fingerprint density at radius 1 is 1.39 bits per heavy atom. The fraction of sp³-hybridized carbons (Fsp3) is 0.786. The highest BCUT2D eigenvalue weighted by Gasteiger charge is 2.40. The largest absolute Gasteiger partial charge is 0.348 e. The Kier molecular flexibility index (Phi) is 3.57. The molecule has 100 valence electrons. The Morgan fingerprint density at radius 3 is 3.00 bits per heavy atom. The number of aromatic nitrogens is 1. The van der Waals surface area contributed by atoms with E-state index in [1.807, 2.05) is 18.4 Å². The second-order valence-electron chi connectivity index (χ2n) is 5.85. The van der Waals surface area contributed by atoms with Gasteiger partial charge in [-0.1, -0.05) is 12.8 Å². The smallest absolute Gasteiger partial charge is 0.185 e. The quantitative estimate of drug-likeness (QED) is 0.907.